The molecule has 0 radical (unpaired) electrons. The van der Waals surface area contributed by atoms with Crippen molar-refractivity contribution in [2.24, 2.45) is 0 Å². The topological polar surface area (TPSA) is 50.4 Å². The van der Waals surface area contributed by atoms with Gasteiger partial charge in [-0.2, -0.15) is 0 Å². The SMILES string of the molecule is Oc1ccc2nc(-c3ccc(Br)cc3)nn2c1. The molecule has 0 saturated heterocycles. The zero-order valence-electron chi connectivity index (χ0n) is 8.71. The van der Waals surface area contributed by atoms with Crippen molar-refractivity contribution < 1.29 is 5.11 Å². The van der Waals surface area contributed by atoms with Gasteiger partial charge in [-0.1, -0.05) is 28.1 Å². The van der Waals surface area contributed by atoms with Crippen LogP contribution in [0.1, 0.15) is 0 Å². The number of fused-ring (bicyclic) bond motifs is 1. The maximum Gasteiger partial charge on any atom is 0.182 e. The van der Waals surface area contributed by atoms with Crippen molar-refractivity contribution >= 4 is 21.6 Å². The van der Waals surface area contributed by atoms with Crippen molar-refractivity contribution in [1.82, 2.24) is 14.6 Å². The van der Waals surface area contributed by atoms with Crippen LogP contribution in [0, 0.1) is 0 Å². The second-order valence-electron chi connectivity index (χ2n) is 3.63. The number of aromatic nitrogens is 3. The van der Waals surface area contributed by atoms with Crippen LogP contribution in [0.2, 0.25) is 0 Å². The van der Waals surface area contributed by atoms with Gasteiger partial charge in [0.1, 0.15) is 5.75 Å². The summed E-state index contributed by atoms with van der Waals surface area (Å²) < 4.78 is 2.58. The molecular formula is C12H8BrN3O. The Morgan fingerprint density at radius 1 is 1.06 bits per heavy atom. The average Bonchev–Trinajstić information content (AvgIpc) is 2.72. The summed E-state index contributed by atoms with van der Waals surface area (Å²) in [6.07, 6.45) is 1.53. The van der Waals surface area contributed by atoms with Gasteiger partial charge in [0.05, 0.1) is 6.20 Å². The van der Waals surface area contributed by atoms with Crippen molar-refractivity contribution in [1.29, 1.82) is 0 Å². The summed E-state index contributed by atoms with van der Waals surface area (Å²) >= 11 is 3.38. The normalized spacial score (nSPS) is 10.9. The monoisotopic (exact) mass is 289 g/mol. The summed E-state index contributed by atoms with van der Waals surface area (Å²) in [5.41, 5.74) is 1.65. The molecule has 0 amide bonds. The minimum atomic E-state index is 0.171. The van der Waals surface area contributed by atoms with Gasteiger partial charge in [0, 0.05) is 10.0 Å². The number of rotatable bonds is 1. The van der Waals surface area contributed by atoms with E-state index in [4.69, 9.17) is 0 Å². The van der Waals surface area contributed by atoms with Crippen LogP contribution in [-0.2, 0) is 0 Å². The number of halogens is 1. The van der Waals surface area contributed by atoms with Gasteiger partial charge in [-0.3, -0.25) is 0 Å². The Balaban J connectivity index is 2.14. The molecule has 1 aromatic carbocycles. The number of benzene rings is 1. The largest absolute Gasteiger partial charge is 0.506 e. The fraction of sp³-hybridized carbons (Fsp3) is 0. The van der Waals surface area contributed by atoms with E-state index in [9.17, 15) is 5.11 Å². The molecule has 3 aromatic rings. The van der Waals surface area contributed by atoms with Gasteiger partial charge in [-0.15, -0.1) is 5.10 Å². The highest BCUT2D eigenvalue weighted by atomic mass is 79.9. The third-order valence-corrected chi connectivity index (χ3v) is 2.95. The van der Waals surface area contributed by atoms with Crippen LogP contribution in [0.4, 0.5) is 0 Å². The fourth-order valence-corrected chi connectivity index (χ4v) is 1.86. The van der Waals surface area contributed by atoms with Crippen molar-refractivity contribution in [3.63, 3.8) is 0 Å². The fourth-order valence-electron chi connectivity index (χ4n) is 1.59. The predicted octanol–water partition coefficient (Wildman–Crippen LogP) is 2.86. The zero-order valence-corrected chi connectivity index (χ0v) is 10.3. The van der Waals surface area contributed by atoms with Gasteiger partial charge < -0.3 is 5.11 Å². The Hall–Kier alpha value is -1.88. The Bertz CT molecular complexity index is 676. The Labute approximate surface area is 106 Å². The molecule has 4 nitrogen and oxygen atoms in total. The number of hydrogen-bond donors (Lipinski definition) is 1. The van der Waals surface area contributed by atoms with E-state index >= 15 is 0 Å². The Kier molecular flexibility index (Phi) is 2.33. The van der Waals surface area contributed by atoms with Gasteiger partial charge in [0.15, 0.2) is 11.5 Å². The predicted molar refractivity (Wildman–Crippen MR) is 67.8 cm³/mol. The third-order valence-electron chi connectivity index (χ3n) is 2.42. The maximum atomic E-state index is 9.35. The van der Waals surface area contributed by atoms with E-state index in [1.807, 2.05) is 24.3 Å². The molecule has 0 fully saturated rings. The van der Waals surface area contributed by atoms with Crippen LogP contribution in [-0.4, -0.2) is 19.7 Å². The van der Waals surface area contributed by atoms with Crippen molar-refractivity contribution in [3.8, 4) is 17.1 Å². The molecule has 1 N–H and O–H groups in total. The van der Waals surface area contributed by atoms with Crippen molar-refractivity contribution in [3.05, 3.63) is 47.1 Å². The van der Waals surface area contributed by atoms with Gasteiger partial charge in [-0.25, -0.2) is 9.50 Å². The summed E-state index contributed by atoms with van der Waals surface area (Å²) in [4.78, 5) is 4.38. The van der Waals surface area contributed by atoms with E-state index in [-0.39, 0.29) is 5.75 Å². The second-order valence-corrected chi connectivity index (χ2v) is 4.55. The standard InChI is InChI=1S/C12H8BrN3O/c13-9-3-1-8(2-4-9)12-14-11-6-5-10(17)7-16(11)15-12/h1-7,17H. The van der Waals surface area contributed by atoms with Crippen LogP contribution in [0.15, 0.2) is 47.1 Å². The van der Waals surface area contributed by atoms with E-state index in [2.05, 4.69) is 26.0 Å². The maximum absolute atomic E-state index is 9.35. The van der Waals surface area contributed by atoms with Gasteiger partial charge in [0.25, 0.3) is 0 Å². The van der Waals surface area contributed by atoms with E-state index in [0.717, 1.165) is 10.0 Å². The molecule has 84 valence electrons. The summed E-state index contributed by atoms with van der Waals surface area (Å²) in [5.74, 6) is 0.813. The number of nitrogens with zero attached hydrogens (tertiary/aromatic N) is 3. The van der Waals surface area contributed by atoms with Crippen LogP contribution in [0.3, 0.4) is 0 Å². The lowest BCUT2D eigenvalue weighted by Crippen LogP contribution is -1.85. The zero-order chi connectivity index (χ0) is 11.8. The van der Waals surface area contributed by atoms with Crippen LogP contribution in [0.25, 0.3) is 17.0 Å². The lowest BCUT2D eigenvalue weighted by atomic mass is 10.2. The number of aromatic hydroxyl groups is 1. The molecule has 0 aliphatic rings. The summed E-state index contributed by atoms with van der Waals surface area (Å²) in [6, 6.07) is 11.1. The molecule has 0 saturated carbocycles. The molecule has 0 aliphatic carbocycles. The van der Waals surface area contributed by atoms with E-state index < -0.39 is 0 Å². The Morgan fingerprint density at radius 3 is 2.59 bits per heavy atom. The summed E-state index contributed by atoms with van der Waals surface area (Å²) in [5, 5.41) is 13.7. The van der Waals surface area contributed by atoms with Gasteiger partial charge >= 0.3 is 0 Å². The van der Waals surface area contributed by atoms with Crippen LogP contribution >= 0.6 is 15.9 Å². The molecule has 0 aliphatic heterocycles. The molecular weight excluding hydrogens is 282 g/mol. The first-order valence-corrected chi connectivity index (χ1v) is 5.83. The van der Waals surface area contributed by atoms with E-state index in [1.54, 1.807) is 16.6 Å². The lowest BCUT2D eigenvalue weighted by molar-refractivity contribution is 0.470. The molecule has 0 bridgehead atoms. The summed E-state index contributed by atoms with van der Waals surface area (Å²) in [7, 11) is 0. The number of pyridine rings is 1. The molecule has 3 rings (SSSR count). The molecule has 5 heteroatoms. The smallest absolute Gasteiger partial charge is 0.182 e. The molecule has 0 unspecified atom stereocenters. The molecule has 0 atom stereocenters. The van der Waals surface area contributed by atoms with Gasteiger partial charge in [-0.05, 0) is 24.3 Å². The quantitative estimate of drug-likeness (QED) is 0.749. The highest BCUT2D eigenvalue weighted by Crippen LogP contribution is 2.20. The average molecular weight is 290 g/mol. The molecule has 2 heterocycles. The lowest BCUT2D eigenvalue weighted by Gasteiger charge is -1.94. The Morgan fingerprint density at radius 2 is 1.82 bits per heavy atom. The molecule has 0 spiro atoms. The molecule has 17 heavy (non-hydrogen) atoms. The minimum absolute atomic E-state index is 0.171. The first-order valence-electron chi connectivity index (χ1n) is 5.04. The van der Waals surface area contributed by atoms with Crippen LogP contribution < -0.4 is 0 Å². The highest BCUT2D eigenvalue weighted by Gasteiger charge is 2.06. The van der Waals surface area contributed by atoms with Crippen molar-refractivity contribution in [2.45, 2.75) is 0 Å². The van der Waals surface area contributed by atoms with Crippen molar-refractivity contribution in [2.75, 3.05) is 0 Å². The first kappa shape index (κ1) is 10.3. The minimum Gasteiger partial charge on any atom is -0.506 e. The van der Waals surface area contributed by atoms with Gasteiger partial charge in [0.2, 0.25) is 0 Å². The number of hydrogen-bond acceptors (Lipinski definition) is 3. The van der Waals surface area contributed by atoms with E-state index in [1.165, 1.54) is 6.20 Å². The highest BCUT2D eigenvalue weighted by molar-refractivity contribution is 9.10. The second kappa shape index (κ2) is 3.85. The third kappa shape index (κ3) is 1.89. The summed E-state index contributed by atoms with van der Waals surface area (Å²) in [6.45, 7) is 0. The van der Waals surface area contributed by atoms with E-state index in [0.29, 0.717) is 11.5 Å². The van der Waals surface area contributed by atoms with Crippen LogP contribution in [0.5, 0.6) is 5.75 Å². The molecule has 2 aromatic heterocycles. The first-order chi connectivity index (χ1) is 8.22.